The molecule has 0 saturated heterocycles. The van der Waals surface area contributed by atoms with Crippen LogP contribution in [0.2, 0.25) is 0 Å². The van der Waals surface area contributed by atoms with Crippen LogP contribution in [-0.2, 0) is 32.5 Å². The second kappa shape index (κ2) is 4.84. The first-order valence-corrected chi connectivity index (χ1v) is 1.95. The molecule has 0 aliphatic heterocycles. The van der Waals surface area contributed by atoms with Crippen molar-refractivity contribution in [2.75, 3.05) is 0 Å². The van der Waals surface area contributed by atoms with Gasteiger partial charge in [0, 0.05) is 27.7 Å². The van der Waals surface area contributed by atoms with E-state index in [1.54, 1.807) is 0 Å². The van der Waals surface area contributed by atoms with Gasteiger partial charge >= 0.3 is 5.97 Å². The maximum Gasteiger partial charge on any atom is 0.321 e. The molecule has 0 radical (unpaired) electrons. The van der Waals surface area contributed by atoms with Crippen LogP contribution in [-0.4, -0.2) is 16.5 Å². The molecule has 0 fully saturated rings. The Bertz CT molecular complexity index is 64.0. The van der Waals surface area contributed by atoms with Crippen molar-refractivity contribution in [3.05, 3.63) is 0 Å². The van der Waals surface area contributed by atoms with E-state index in [1.807, 2.05) is 0 Å². The summed E-state index contributed by atoms with van der Waals surface area (Å²) in [6.07, 6.45) is 0. The minimum absolute atomic E-state index is 0. The van der Waals surface area contributed by atoms with Crippen molar-refractivity contribution in [2.24, 2.45) is 0 Å². The Labute approximate surface area is 67.4 Å². The van der Waals surface area contributed by atoms with Crippen molar-refractivity contribution < 1.29 is 37.6 Å². The minimum Gasteiger partial charge on any atom is -0.480 e. The summed E-state index contributed by atoms with van der Waals surface area (Å²) >= 11 is 5.01. The summed E-state index contributed by atoms with van der Waals surface area (Å²) < 4.78 is 0. The molecule has 0 aromatic heterocycles. The van der Waals surface area contributed by atoms with Gasteiger partial charge in [0.1, 0.15) is 5.38 Å². The Morgan fingerprint density at radius 3 is 2.00 bits per heavy atom. The molecule has 0 spiro atoms. The van der Waals surface area contributed by atoms with E-state index in [0.717, 1.165) is 0 Å². The third-order valence-corrected chi connectivity index (χ3v) is 0.527. The molecule has 1 atom stereocenters. The van der Waals surface area contributed by atoms with E-state index in [0.29, 0.717) is 0 Å². The number of aliphatic carboxylic acids is 1. The van der Waals surface area contributed by atoms with Gasteiger partial charge in [-0.1, -0.05) is 0 Å². The van der Waals surface area contributed by atoms with E-state index in [-0.39, 0.29) is 27.7 Å². The average molecular weight is 309 g/mol. The number of hydrogen-bond acceptors (Lipinski definition) is 1. The number of hydrogen-bond donors (Lipinski definition) is 1. The molecule has 0 heterocycles. The molecule has 0 saturated carbocycles. The molecule has 0 bridgehead atoms. The molecule has 0 aliphatic rings. The maximum absolute atomic E-state index is 9.57. The number of rotatable bonds is 1. The van der Waals surface area contributed by atoms with Gasteiger partial charge in [0.15, 0.2) is 0 Å². The number of alkyl halides is 1. The zero-order chi connectivity index (χ0) is 5.15. The van der Waals surface area contributed by atoms with Crippen molar-refractivity contribution in [1.29, 1.82) is 0 Å². The summed E-state index contributed by atoms with van der Waals surface area (Å²) in [5, 5.41) is 7.10. The Morgan fingerprint density at radius 2 is 2.00 bits per heavy atom. The molecule has 0 aromatic rings. The van der Waals surface area contributed by atoms with Gasteiger partial charge < -0.3 is 5.11 Å². The second-order valence-electron chi connectivity index (χ2n) is 0.954. The van der Waals surface area contributed by atoms with E-state index < -0.39 is 11.3 Å². The Hall–Kier alpha value is 0.695. The first kappa shape index (κ1) is 10.6. The predicted molar refractivity (Wildman–Crippen MR) is 23.0 cm³/mol. The quantitative estimate of drug-likeness (QED) is 0.572. The van der Waals surface area contributed by atoms with Crippen LogP contribution in [0.3, 0.4) is 0 Å². The van der Waals surface area contributed by atoms with Crippen molar-refractivity contribution in [3.63, 3.8) is 0 Å². The minimum atomic E-state index is -0.975. The van der Waals surface area contributed by atoms with Gasteiger partial charge in [0.2, 0.25) is 0 Å². The molecule has 1 N–H and O–H groups in total. The second-order valence-corrected chi connectivity index (χ2v) is 1.61. The summed E-state index contributed by atoms with van der Waals surface area (Å²) in [4.78, 5) is 9.57. The normalized spacial score (nSPS) is 11.7. The number of carboxylic acids is 1. The third kappa shape index (κ3) is 6.70. The van der Waals surface area contributed by atoms with Crippen LogP contribution in [0.15, 0.2) is 0 Å². The SMILES string of the molecule is CC(Cl)C(=O)O.[Hg]. The molecular weight excluding hydrogens is 304 g/mol. The summed E-state index contributed by atoms with van der Waals surface area (Å²) in [7, 11) is 0. The van der Waals surface area contributed by atoms with Crippen molar-refractivity contribution in [2.45, 2.75) is 12.3 Å². The van der Waals surface area contributed by atoms with Crippen LogP contribution in [0.5, 0.6) is 0 Å². The first-order valence-electron chi connectivity index (χ1n) is 1.51. The smallest absolute Gasteiger partial charge is 0.321 e. The zero-order valence-corrected chi connectivity index (χ0v) is 10.3. The van der Waals surface area contributed by atoms with E-state index >= 15 is 0 Å². The monoisotopic (exact) mass is 310 g/mol. The fourth-order valence-corrected chi connectivity index (χ4v) is 0. The van der Waals surface area contributed by atoms with Gasteiger partial charge in [0.05, 0.1) is 0 Å². The van der Waals surface area contributed by atoms with E-state index in [4.69, 9.17) is 16.7 Å². The van der Waals surface area contributed by atoms with Crippen LogP contribution < -0.4 is 0 Å². The molecule has 4 heteroatoms. The Morgan fingerprint density at radius 1 is 1.86 bits per heavy atom. The number of carbonyl (C=O) groups is 1. The molecule has 0 aliphatic carbocycles. The topological polar surface area (TPSA) is 37.3 Å². The van der Waals surface area contributed by atoms with E-state index in [1.165, 1.54) is 6.92 Å². The van der Waals surface area contributed by atoms with Gasteiger partial charge in [-0.3, -0.25) is 4.79 Å². The number of halogens is 1. The standard InChI is InChI=1S/C3H5ClO2.Hg/c1-2(4)3(5)6;/h2H,1H3,(H,5,6);. The number of carboxylic acid groups (broad SMARTS) is 1. The maximum atomic E-state index is 9.57. The summed E-state index contributed by atoms with van der Waals surface area (Å²) in [6, 6.07) is 0. The van der Waals surface area contributed by atoms with Gasteiger partial charge in [-0.05, 0) is 6.92 Å². The largest absolute Gasteiger partial charge is 0.480 e. The van der Waals surface area contributed by atoms with Gasteiger partial charge in [0.25, 0.3) is 0 Å². The summed E-state index contributed by atoms with van der Waals surface area (Å²) in [5.41, 5.74) is 0. The van der Waals surface area contributed by atoms with Gasteiger partial charge in [-0.15, -0.1) is 11.6 Å². The molecule has 38 valence electrons. The van der Waals surface area contributed by atoms with Gasteiger partial charge in [-0.2, -0.15) is 0 Å². The molecule has 1 unspecified atom stereocenters. The Kier molecular flexibility index (Phi) is 7.36. The van der Waals surface area contributed by atoms with Gasteiger partial charge in [-0.25, -0.2) is 0 Å². The molecule has 0 aromatic carbocycles. The van der Waals surface area contributed by atoms with Crippen LogP contribution in [0.1, 0.15) is 6.92 Å². The zero-order valence-electron chi connectivity index (χ0n) is 4.02. The molecular formula is C3H5ClHgO2. The molecule has 0 rings (SSSR count). The molecule has 2 nitrogen and oxygen atoms in total. The van der Waals surface area contributed by atoms with E-state index in [9.17, 15) is 4.79 Å². The molecule has 0 amide bonds. The average Bonchev–Trinajstić information content (AvgIpc) is 1.36. The predicted octanol–water partition coefficient (Wildman–Crippen LogP) is 0.696. The van der Waals surface area contributed by atoms with Crippen LogP contribution in [0.4, 0.5) is 0 Å². The summed E-state index contributed by atoms with van der Waals surface area (Å²) in [5.74, 6) is -0.975. The third-order valence-electron chi connectivity index (χ3n) is 0.340. The summed E-state index contributed by atoms with van der Waals surface area (Å²) in [6.45, 7) is 1.41. The Balaban J connectivity index is 0. The first-order chi connectivity index (χ1) is 2.64. The fourth-order valence-electron chi connectivity index (χ4n) is 0. The van der Waals surface area contributed by atoms with Crippen molar-refractivity contribution >= 4 is 17.6 Å². The van der Waals surface area contributed by atoms with Crippen LogP contribution in [0.25, 0.3) is 0 Å². The van der Waals surface area contributed by atoms with Crippen molar-refractivity contribution in [1.82, 2.24) is 0 Å². The van der Waals surface area contributed by atoms with E-state index in [2.05, 4.69) is 0 Å². The van der Waals surface area contributed by atoms with Crippen molar-refractivity contribution in [3.8, 4) is 0 Å². The van der Waals surface area contributed by atoms with Crippen LogP contribution in [0, 0.1) is 0 Å². The van der Waals surface area contributed by atoms with Crippen LogP contribution >= 0.6 is 11.6 Å². The molecule has 7 heavy (non-hydrogen) atoms. The fraction of sp³-hybridized carbons (Fsp3) is 0.667.